The lowest BCUT2D eigenvalue weighted by Gasteiger charge is -2.21. The van der Waals surface area contributed by atoms with Crippen molar-refractivity contribution < 1.29 is 14.7 Å². The summed E-state index contributed by atoms with van der Waals surface area (Å²) in [6.45, 7) is 3.85. The average molecular weight is 241 g/mol. The van der Waals surface area contributed by atoms with Crippen LogP contribution in [0.2, 0.25) is 0 Å². The molecule has 1 unspecified atom stereocenters. The highest BCUT2D eigenvalue weighted by atomic mass is 16.4. The Kier molecular flexibility index (Phi) is 5.45. The van der Waals surface area contributed by atoms with Crippen molar-refractivity contribution in [3.63, 3.8) is 0 Å². The minimum absolute atomic E-state index is 0.0156. The summed E-state index contributed by atoms with van der Waals surface area (Å²) < 4.78 is 0. The zero-order valence-electron chi connectivity index (χ0n) is 10.7. The molecule has 17 heavy (non-hydrogen) atoms. The van der Waals surface area contributed by atoms with Crippen LogP contribution in [0.1, 0.15) is 52.4 Å². The highest BCUT2D eigenvalue weighted by Crippen LogP contribution is 2.27. The van der Waals surface area contributed by atoms with Gasteiger partial charge in [-0.05, 0) is 31.6 Å². The molecule has 1 aliphatic rings. The van der Waals surface area contributed by atoms with E-state index in [9.17, 15) is 9.59 Å². The molecule has 1 fully saturated rings. The lowest BCUT2D eigenvalue weighted by molar-refractivity contribution is -0.138. The quantitative estimate of drug-likeness (QED) is 0.749. The van der Waals surface area contributed by atoms with Gasteiger partial charge in [-0.3, -0.25) is 9.59 Å². The predicted molar refractivity (Wildman–Crippen MR) is 65.6 cm³/mol. The molecule has 1 aliphatic carbocycles. The van der Waals surface area contributed by atoms with Crippen LogP contribution in [0.25, 0.3) is 0 Å². The molecule has 0 spiro atoms. The number of aliphatic carboxylic acids is 1. The van der Waals surface area contributed by atoms with Crippen molar-refractivity contribution in [2.24, 2.45) is 11.8 Å². The van der Waals surface area contributed by atoms with E-state index in [1.54, 1.807) is 6.92 Å². The fourth-order valence-electron chi connectivity index (χ4n) is 2.57. The van der Waals surface area contributed by atoms with Crippen LogP contribution in [0.5, 0.6) is 0 Å². The van der Waals surface area contributed by atoms with E-state index in [0.29, 0.717) is 12.3 Å². The van der Waals surface area contributed by atoms with Crippen LogP contribution in [-0.4, -0.2) is 23.0 Å². The Bertz CT molecular complexity index is 272. The normalized spacial score (nSPS) is 19.9. The van der Waals surface area contributed by atoms with E-state index in [0.717, 1.165) is 0 Å². The van der Waals surface area contributed by atoms with E-state index >= 15 is 0 Å². The molecule has 0 aromatic carbocycles. The van der Waals surface area contributed by atoms with Gasteiger partial charge < -0.3 is 10.4 Å². The lowest BCUT2D eigenvalue weighted by Crippen LogP contribution is -2.37. The second-order valence-corrected chi connectivity index (χ2v) is 5.31. The Hall–Kier alpha value is -1.06. The predicted octanol–water partition coefficient (Wildman–Crippen LogP) is 2.18. The Labute approximate surface area is 103 Å². The second kappa shape index (κ2) is 6.62. The van der Waals surface area contributed by atoms with E-state index in [1.165, 1.54) is 25.7 Å². The van der Waals surface area contributed by atoms with Crippen LogP contribution in [0.15, 0.2) is 0 Å². The molecule has 4 nitrogen and oxygen atoms in total. The minimum Gasteiger partial charge on any atom is -0.481 e. The molecule has 0 saturated heterocycles. The average Bonchev–Trinajstić information content (AvgIpc) is 2.67. The second-order valence-electron chi connectivity index (χ2n) is 5.31. The van der Waals surface area contributed by atoms with Gasteiger partial charge in [0.05, 0.1) is 0 Å². The summed E-state index contributed by atoms with van der Waals surface area (Å²) >= 11 is 0. The summed E-state index contributed by atoms with van der Waals surface area (Å²) in [5.74, 6) is -0.343. The zero-order valence-corrected chi connectivity index (χ0v) is 10.7. The maximum Gasteiger partial charge on any atom is 0.303 e. The topological polar surface area (TPSA) is 66.4 Å². The minimum atomic E-state index is -0.839. The number of rotatable bonds is 6. The highest BCUT2D eigenvalue weighted by molar-refractivity contribution is 5.77. The van der Waals surface area contributed by atoms with Crippen LogP contribution in [0, 0.1) is 11.8 Å². The number of carboxylic acids is 1. The third kappa shape index (κ3) is 5.20. The molecule has 0 aliphatic heterocycles. The number of amides is 1. The lowest BCUT2D eigenvalue weighted by atomic mass is 9.98. The van der Waals surface area contributed by atoms with Gasteiger partial charge in [0.15, 0.2) is 0 Å². The van der Waals surface area contributed by atoms with Gasteiger partial charge in [0.25, 0.3) is 0 Å². The van der Waals surface area contributed by atoms with Gasteiger partial charge >= 0.3 is 5.97 Å². The van der Waals surface area contributed by atoms with Crippen molar-refractivity contribution in [1.29, 1.82) is 0 Å². The molecule has 2 atom stereocenters. The Balaban J connectivity index is 2.25. The zero-order chi connectivity index (χ0) is 12.8. The van der Waals surface area contributed by atoms with Crippen LogP contribution in [0.4, 0.5) is 0 Å². The van der Waals surface area contributed by atoms with Crippen LogP contribution < -0.4 is 5.32 Å². The van der Waals surface area contributed by atoms with Crippen molar-refractivity contribution in [3.05, 3.63) is 0 Å². The van der Waals surface area contributed by atoms with E-state index in [2.05, 4.69) is 12.2 Å². The van der Waals surface area contributed by atoms with Crippen molar-refractivity contribution in [3.8, 4) is 0 Å². The first-order valence-corrected chi connectivity index (χ1v) is 6.50. The standard InChI is InChI=1S/C13H23NO3/c1-9(8-13(16)17)7-12(15)14-10(2)11-5-3-4-6-11/h9-11H,3-8H2,1-2H3,(H,14,15)(H,16,17)/t9?,10-/m1/s1. The fourth-order valence-corrected chi connectivity index (χ4v) is 2.57. The molecule has 1 saturated carbocycles. The maximum atomic E-state index is 11.7. The molecule has 0 aromatic rings. The maximum absolute atomic E-state index is 11.7. The largest absolute Gasteiger partial charge is 0.481 e. The third-order valence-electron chi connectivity index (χ3n) is 3.55. The first kappa shape index (κ1) is 14.0. The molecule has 2 N–H and O–H groups in total. The molecule has 0 heterocycles. The van der Waals surface area contributed by atoms with E-state index in [1.807, 2.05) is 0 Å². The first-order chi connectivity index (χ1) is 7.99. The summed E-state index contributed by atoms with van der Waals surface area (Å²) in [4.78, 5) is 22.2. The summed E-state index contributed by atoms with van der Waals surface area (Å²) in [6.07, 6.45) is 5.30. The molecule has 1 amide bonds. The summed E-state index contributed by atoms with van der Waals surface area (Å²) in [7, 11) is 0. The molecule has 1 rings (SSSR count). The molecule has 0 aromatic heterocycles. The van der Waals surface area contributed by atoms with Crippen molar-refractivity contribution in [2.45, 2.75) is 58.4 Å². The molecular weight excluding hydrogens is 218 g/mol. The molecule has 4 heteroatoms. The van der Waals surface area contributed by atoms with Gasteiger partial charge in [-0.15, -0.1) is 0 Å². The highest BCUT2D eigenvalue weighted by Gasteiger charge is 2.23. The van der Waals surface area contributed by atoms with E-state index in [-0.39, 0.29) is 24.3 Å². The Morgan fingerprint density at radius 3 is 2.35 bits per heavy atom. The van der Waals surface area contributed by atoms with Crippen molar-refractivity contribution in [2.75, 3.05) is 0 Å². The van der Waals surface area contributed by atoms with Gasteiger partial charge in [0.2, 0.25) is 5.91 Å². The van der Waals surface area contributed by atoms with E-state index < -0.39 is 5.97 Å². The number of hydrogen-bond acceptors (Lipinski definition) is 2. The van der Waals surface area contributed by atoms with E-state index in [4.69, 9.17) is 5.11 Å². The van der Waals surface area contributed by atoms with Gasteiger partial charge in [-0.2, -0.15) is 0 Å². The summed E-state index contributed by atoms with van der Waals surface area (Å²) in [6, 6.07) is 0.224. The van der Waals surface area contributed by atoms with Gasteiger partial charge in [-0.1, -0.05) is 19.8 Å². The van der Waals surface area contributed by atoms with Crippen molar-refractivity contribution in [1.82, 2.24) is 5.32 Å². The number of hydrogen-bond donors (Lipinski definition) is 2. The Morgan fingerprint density at radius 2 is 1.82 bits per heavy atom. The molecule has 0 bridgehead atoms. The monoisotopic (exact) mass is 241 g/mol. The SMILES string of the molecule is CC(CC(=O)O)CC(=O)N[C@H](C)C1CCCC1. The van der Waals surface area contributed by atoms with Crippen LogP contribution in [-0.2, 0) is 9.59 Å². The molecule has 0 radical (unpaired) electrons. The smallest absolute Gasteiger partial charge is 0.303 e. The summed E-state index contributed by atoms with van der Waals surface area (Å²) in [5, 5.41) is 11.6. The van der Waals surface area contributed by atoms with Crippen LogP contribution in [0.3, 0.4) is 0 Å². The third-order valence-corrected chi connectivity index (χ3v) is 3.55. The van der Waals surface area contributed by atoms with Gasteiger partial charge in [0, 0.05) is 18.9 Å². The Morgan fingerprint density at radius 1 is 1.24 bits per heavy atom. The van der Waals surface area contributed by atoms with Crippen LogP contribution >= 0.6 is 0 Å². The van der Waals surface area contributed by atoms with Crippen molar-refractivity contribution >= 4 is 11.9 Å². The number of nitrogens with one attached hydrogen (secondary N) is 1. The van der Waals surface area contributed by atoms with Gasteiger partial charge in [0.1, 0.15) is 0 Å². The number of carbonyl (C=O) groups excluding carboxylic acids is 1. The summed E-state index contributed by atoms with van der Waals surface area (Å²) in [5.41, 5.74) is 0. The first-order valence-electron chi connectivity index (χ1n) is 6.50. The number of carbonyl (C=O) groups is 2. The van der Waals surface area contributed by atoms with Gasteiger partial charge in [-0.25, -0.2) is 0 Å². The number of carboxylic acid groups (broad SMARTS) is 1. The molecular formula is C13H23NO3. The molecule has 98 valence electrons. The fraction of sp³-hybridized carbons (Fsp3) is 0.846.